The molecule has 0 spiro atoms. The van der Waals surface area contributed by atoms with Gasteiger partial charge >= 0.3 is 0 Å². The molecule has 2 heterocycles. The first-order chi connectivity index (χ1) is 16.5. The van der Waals surface area contributed by atoms with Crippen LogP contribution in [0.5, 0.6) is 5.75 Å². The van der Waals surface area contributed by atoms with E-state index >= 15 is 0 Å². The van der Waals surface area contributed by atoms with Crippen molar-refractivity contribution in [1.82, 2.24) is 9.80 Å². The van der Waals surface area contributed by atoms with Crippen LogP contribution in [-0.4, -0.2) is 47.9 Å². The standard InChI is InChI=1S/C27H29FN2O3S/c1-3-13-29(27(32)20-9-7-19(2)8-10-20)17-26(31)30-14-11-25-23(12-15-34-25)24(30)18-33-22-6-4-5-21(28)16-22/h4-10,12,15-16,24H,3,11,13-14,17-18H2,1-2H3/t24-/m1/s1. The highest BCUT2D eigenvalue weighted by Crippen LogP contribution is 2.34. The molecule has 1 aromatic heterocycles. The van der Waals surface area contributed by atoms with Crippen molar-refractivity contribution < 1.29 is 18.7 Å². The number of ether oxygens (including phenoxy) is 1. The molecule has 2 amide bonds. The fraction of sp³-hybridized carbons (Fsp3) is 0.333. The van der Waals surface area contributed by atoms with Crippen LogP contribution < -0.4 is 4.74 Å². The van der Waals surface area contributed by atoms with E-state index in [1.54, 1.807) is 45.4 Å². The number of aryl methyl sites for hydroxylation is 1. The fourth-order valence-corrected chi connectivity index (χ4v) is 5.19. The Labute approximate surface area is 203 Å². The van der Waals surface area contributed by atoms with Crippen LogP contribution in [0.3, 0.4) is 0 Å². The monoisotopic (exact) mass is 480 g/mol. The van der Waals surface area contributed by atoms with Gasteiger partial charge in [0.25, 0.3) is 5.91 Å². The Kier molecular flexibility index (Phi) is 7.63. The number of nitrogens with zero attached hydrogens (tertiary/aromatic N) is 2. The second-order valence-electron chi connectivity index (χ2n) is 8.51. The van der Waals surface area contributed by atoms with Crippen molar-refractivity contribution in [2.75, 3.05) is 26.2 Å². The van der Waals surface area contributed by atoms with E-state index in [1.807, 2.05) is 37.4 Å². The van der Waals surface area contributed by atoms with Crippen molar-refractivity contribution >= 4 is 23.2 Å². The molecule has 0 aliphatic carbocycles. The number of halogens is 1. The van der Waals surface area contributed by atoms with Crippen molar-refractivity contribution in [1.29, 1.82) is 0 Å². The summed E-state index contributed by atoms with van der Waals surface area (Å²) in [5.41, 5.74) is 2.72. The number of carbonyl (C=O) groups excluding carboxylic acids is 2. The summed E-state index contributed by atoms with van der Waals surface area (Å²) < 4.78 is 19.5. The maximum absolute atomic E-state index is 13.6. The Balaban J connectivity index is 1.51. The lowest BCUT2D eigenvalue weighted by molar-refractivity contribution is -0.135. The summed E-state index contributed by atoms with van der Waals surface area (Å²) in [6, 6.07) is 15.2. The predicted octanol–water partition coefficient (Wildman–Crippen LogP) is 5.25. The van der Waals surface area contributed by atoms with E-state index in [0.717, 1.165) is 24.0 Å². The van der Waals surface area contributed by atoms with Gasteiger partial charge < -0.3 is 14.5 Å². The summed E-state index contributed by atoms with van der Waals surface area (Å²) in [7, 11) is 0. The van der Waals surface area contributed by atoms with Gasteiger partial charge in [0.05, 0.1) is 6.04 Å². The third-order valence-corrected chi connectivity index (χ3v) is 7.02. The predicted molar refractivity (Wildman–Crippen MR) is 132 cm³/mol. The van der Waals surface area contributed by atoms with Crippen molar-refractivity contribution in [3.8, 4) is 5.75 Å². The van der Waals surface area contributed by atoms with E-state index in [4.69, 9.17) is 4.74 Å². The third-order valence-electron chi connectivity index (χ3n) is 6.02. The largest absolute Gasteiger partial charge is 0.491 e. The highest BCUT2D eigenvalue weighted by atomic mass is 32.1. The van der Waals surface area contributed by atoms with Gasteiger partial charge in [-0.3, -0.25) is 9.59 Å². The van der Waals surface area contributed by atoms with E-state index in [0.29, 0.717) is 24.4 Å². The molecule has 1 aliphatic heterocycles. The first-order valence-electron chi connectivity index (χ1n) is 11.6. The number of carbonyl (C=O) groups is 2. The molecule has 0 saturated carbocycles. The second-order valence-corrected chi connectivity index (χ2v) is 9.51. The molecule has 2 aromatic carbocycles. The average Bonchev–Trinajstić information content (AvgIpc) is 3.31. The molecule has 0 N–H and O–H groups in total. The first-order valence-corrected chi connectivity index (χ1v) is 12.4. The molecule has 34 heavy (non-hydrogen) atoms. The lowest BCUT2D eigenvalue weighted by Crippen LogP contribution is -2.48. The van der Waals surface area contributed by atoms with Crippen LogP contribution in [0, 0.1) is 12.7 Å². The van der Waals surface area contributed by atoms with Crippen LogP contribution in [0.1, 0.15) is 45.7 Å². The smallest absolute Gasteiger partial charge is 0.254 e. The SMILES string of the molecule is CCCN(CC(=O)N1CCc2sccc2[C@H]1COc1cccc(F)c1)C(=O)c1ccc(C)cc1. The van der Waals surface area contributed by atoms with Crippen LogP contribution in [-0.2, 0) is 11.2 Å². The maximum Gasteiger partial charge on any atom is 0.254 e. The van der Waals surface area contributed by atoms with E-state index < -0.39 is 0 Å². The zero-order valence-electron chi connectivity index (χ0n) is 19.5. The van der Waals surface area contributed by atoms with Gasteiger partial charge in [0.1, 0.15) is 24.7 Å². The van der Waals surface area contributed by atoms with E-state index in [2.05, 4.69) is 0 Å². The third kappa shape index (κ3) is 5.47. The lowest BCUT2D eigenvalue weighted by Gasteiger charge is -2.37. The minimum absolute atomic E-state index is 0.0104. The second kappa shape index (κ2) is 10.8. The highest BCUT2D eigenvalue weighted by molar-refractivity contribution is 7.10. The van der Waals surface area contributed by atoms with Crippen LogP contribution in [0.2, 0.25) is 0 Å². The van der Waals surface area contributed by atoms with Crippen LogP contribution >= 0.6 is 11.3 Å². The van der Waals surface area contributed by atoms with Gasteiger partial charge in [0.15, 0.2) is 0 Å². The normalized spacial score (nSPS) is 15.0. The Morgan fingerprint density at radius 3 is 2.71 bits per heavy atom. The molecule has 5 nitrogen and oxygen atoms in total. The quantitative estimate of drug-likeness (QED) is 0.442. The molecular weight excluding hydrogens is 451 g/mol. The summed E-state index contributed by atoms with van der Waals surface area (Å²) in [6.45, 7) is 5.26. The minimum Gasteiger partial charge on any atom is -0.491 e. The van der Waals surface area contributed by atoms with Crippen molar-refractivity contribution in [3.05, 3.63) is 87.4 Å². The number of rotatable bonds is 8. The fourth-order valence-electron chi connectivity index (χ4n) is 4.26. The van der Waals surface area contributed by atoms with Crippen molar-refractivity contribution in [3.63, 3.8) is 0 Å². The molecule has 0 bridgehead atoms. The number of hydrogen-bond donors (Lipinski definition) is 0. The molecule has 0 saturated heterocycles. The summed E-state index contributed by atoms with van der Waals surface area (Å²) >= 11 is 1.67. The summed E-state index contributed by atoms with van der Waals surface area (Å²) in [5, 5.41) is 2.03. The Bertz CT molecular complexity index is 1140. The van der Waals surface area contributed by atoms with Crippen LogP contribution in [0.4, 0.5) is 4.39 Å². The molecular formula is C27H29FN2O3S. The molecule has 0 radical (unpaired) electrons. The maximum atomic E-state index is 13.6. The number of fused-ring (bicyclic) bond motifs is 1. The molecule has 3 aromatic rings. The molecule has 1 aliphatic rings. The molecule has 0 unspecified atom stereocenters. The van der Waals surface area contributed by atoms with Gasteiger partial charge in [-0.15, -0.1) is 11.3 Å². The van der Waals surface area contributed by atoms with Gasteiger partial charge in [-0.2, -0.15) is 0 Å². The van der Waals surface area contributed by atoms with Gasteiger partial charge in [-0.25, -0.2) is 4.39 Å². The zero-order valence-corrected chi connectivity index (χ0v) is 20.3. The summed E-state index contributed by atoms with van der Waals surface area (Å²) in [4.78, 5) is 31.3. The number of amides is 2. The van der Waals surface area contributed by atoms with Crippen molar-refractivity contribution in [2.24, 2.45) is 0 Å². The van der Waals surface area contributed by atoms with Crippen molar-refractivity contribution in [2.45, 2.75) is 32.7 Å². The zero-order chi connectivity index (χ0) is 24.1. The van der Waals surface area contributed by atoms with Gasteiger partial charge in [0.2, 0.25) is 5.91 Å². The number of benzene rings is 2. The van der Waals surface area contributed by atoms with Crippen LogP contribution in [0.25, 0.3) is 0 Å². The molecule has 7 heteroatoms. The molecule has 178 valence electrons. The minimum atomic E-state index is -0.366. The average molecular weight is 481 g/mol. The highest BCUT2D eigenvalue weighted by Gasteiger charge is 2.33. The van der Waals surface area contributed by atoms with Gasteiger partial charge in [-0.1, -0.05) is 30.7 Å². The Hall–Kier alpha value is -3.19. The summed E-state index contributed by atoms with van der Waals surface area (Å²) in [6.07, 6.45) is 1.53. The van der Waals surface area contributed by atoms with E-state index in [1.165, 1.54) is 17.0 Å². The number of hydrogen-bond acceptors (Lipinski definition) is 4. The lowest BCUT2D eigenvalue weighted by atomic mass is 10.0. The molecule has 4 rings (SSSR count). The Morgan fingerprint density at radius 2 is 1.97 bits per heavy atom. The first kappa shape index (κ1) is 24.0. The summed E-state index contributed by atoms with van der Waals surface area (Å²) in [5.74, 6) is -0.193. The number of thiophene rings is 1. The van der Waals surface area contributed by atoms with E-state index in [9.17, 15) is 14.0 Å². The molecule has 0 fully saturated rings. The van der Waals surface area contributed by atoms with Crippen LogP contribution in [0.15, 0.2) is 60.0 Å². The van der Waals surface area contributed by atoms with Gasteiger partial charge in [0, 0.05) is 29.6 Å². The topological polar surface area (TPSA) is 49.9 Å². The molecule has 1 atom stereocenters. The van der Waals surface area contributed by atoms with E-state index in [-0.39, 0.29) is 36.8 Å². The Morgan fingerprint density at radius 1 is 1.18 bits per heavy atom. The van der Waals surface area contributed by atoms with Gasteiger partial charge in [-0.05, 0) is 61.0 Å².